The van der Waals surface area contributed by atoms with Crippen molar-refractivity contribution < 1.29 is 4.74 Å². The second-order valence-corrected chi connectivity index (χ2v) is 4.41. The topological polar surface area (TPSA) is 39.1 Å². The minimum absolute atomic E-state index is 0.715. The van der Waals surface area contributed by atoms with Gasteiger partial charge in [0.15, 0.2) is 0 Å². The van der Waals surface area contributed by atoms with Crippen LogP contribution in [0.4, 0.5) is 0 Å². The molecule has 102 valence electrons. The van der Waals surface area contributed by atoms with Gasteiger partial charge in [-0.05, 0) is 18.7 Å². The summed E-state index contributed by atoms with van der Waals surface area (Å²) in [4.78, 5) is 0. The lowest BCUT2D eigenvalue weighted by Gasteiger charge is -2.05. The molecule has 2 aromatic rings. The first kappa shape index (κ1) is 13.6. The highest BCUT2D eigenvalue weighted by Crippen LogP contribution is 2.08. The molecule has 0 aliphatic rings. The summed E-state index contributed by atoms with van der Waals surface area (Å²) >= 11 is 0. The lowest BCUT2D eigenvalue weighted by Crippen LogP contribution is -2.11. The van der Waals surface area contributed by atoms with Crippen LogP contribution in [0.5, 0.6) is 5.75 Å². The van der Waals surface area contributed by atoms with E-state index in [1.54, 1.807) is 0 Å². The number of nitrogens with zero attached hydrogens (tertiary/aromatic N) is 2. The van der Waals surface area contributed by atoms with Crippen LogP contribution in [0.15, 0.2) is 42.7 Å². The lowest BCUT2D eigenvalue weighted by atomic mass is 10.3. The molecule has 1 heterocycles. The predicted octanol–water partition coefficient (Wildman–Crippen LogP) is 2.46. The molecule has 0 atom stereocenters. The van der Waals surface area contributed by atoms with E-state index in [0.29, 0.717) is 6.61 Å². The number of aryl methyl sites for hydroxylation is 1. The summed E-state index contributed by atoms with van der Waals surface area (Å²) in [5.74, 6) is 0.927. The first-order chi connectivity index (χ1) is 9.38. The Labute approximate surface area is 114 Å². The van der Waals surface area contributed by atoms with E-state index in [2.05, 4.69) is 23.5 Å². The van der Waals surface area contributed by atoms with Crippen LogP contribution in [-0.4, -0.2) is 22.9 Å². The zero-order chi connectivity index (χ0) is 13.3. The molecule has 0 radical (unpaired) electrons. The molecule has 1 N–H and O–H groups in total. The molecular formula is C15H21N3O. The van der Waals surface area contributed by atoms with Crippen LogP contribution in [0.25, 0.3) is 0 Å². The second kappa shape index (κ2) is 7.59. The standard InChI is InChI=1S/C15H21N3O/c1-2-16-11-14-12-17-18(13-14)9-6-10-19-15-7-4-3-5-8-15/h3-5,7-8,12-13,16H,2,6,9-11H2,1H3. The number of benzene rings is 1. The molecule has 4 nitrogen and oxygen atoms in total. The zero-order valence-corrected chi connectivity index (χ0v) is 11.4. The summed E-state index contributed by atoms with van der Waals surface area (Å²) in [6.07, 6.45) is 4.96. The molecule has 0 aliphatic heterocycles. The smallest absolute Gasteiger partial charge is 0.119 e. The molecule has 0 aliphatic carbocycles. The van der Waals surface area contributed by atoms with Gasteiger partial charge in [0.05, 0.1) is 12.8 Å². The minimum atomic E-state index is 0.715. The molecule has 0 fully saturated rings. The third-order valence-corrected chi connectivity index (χ3v) is 2.81. The molecule has 0 unspecified atom stereocenters. The number of nitrogens with one attached hydrogen (secondary N) is 1. The largest absolute Gasteiger partial charge is 0.494 e. The van der Waals surface area contributed by atoms with Gasteiger partial charge in [-0.2, -0.15) is 5.10 Å². The molecule has 19 heavy (non-hydrogen) atoms. The Balaban J connectivity index is 1.66. The van der Waals surface area contributed by atoms with Crippen LogP contribution in [0.3, 0.4) is 0 Å². The fraction of sp³-hybridized carbons (Fsp3) is 0.400. The van der Waals surface area contributed by atoms with Crippen LogP contribution in [-0.2, 0) is 13.1 Å². The fourth-order valence-electron chi connectivity index (χ4n) is 1.82. The first-order valence-corrected chi connectivity index (χ1v) is 6.78. The third kappa shape index (κ3) is 4.75. The van der Waals surface area contributed by atoms with Crippen LogP contribution in [0.2, 0.25) is 0 Å². The molecular weight excluding hydrogens is 238 g/mol. The van der Waals surface area contributed by atoms with Gasteiger partial charge in [0, 0.05) is 31.3 Å². The summed E-state index contributed by atoms with van der Waals surface area (Å²) in [5.41, 5.74) is 1.23. The number of hydrogen-bond donors (Lipinski definition) is 1. The second-order valence-electron chi connectivity index (χ2n) is 4.41. The van der Waals surface area contributed by atoms with Crippen LogP contribution < -0.4 is 10.1 Å². The fourth-order valence-corrected chi connectivity index (χ4v) is 1.82. The Kier molecular flexibility index (Phi) is 5.44. The highest BCUT2D eigenvalue weighted by Gasteiger charge is 1.98. The van der Waals surface area contributed by atoms with Gasteiger partial charge in [-0.1, -0.05) is 25.1 Å². The Bertz CT molecular complexity index is 467. The van der Waals surface area contributed by atoms with Crippen molar-refractivity contribution in [2.24, 2.45) is 0 Å². The predicted molar refractivity (Wildman–Crippen MR) is 76.2 cm³/mol. The van der Waals surface area contributed by atoms with E-state index in [1.807, 2.05) is 41.2 Å². The molecule has 1 aromatic heterocycles. The minimum Gasteiger partial charge on any atom is -0.494 e. The molecule has 0 spiro atoms. The number of aromatic nitrogens is 2. The maximum atomic E-state index is 5.65. The summed E-state index contributed by atoms with van der Waals surface area (Å²) < 4.78 is 7.62. The van der Waals surface area contributed by atoms with Crippen molar-refractivity contribution in [2.45, 2.75) is 26.4 Å². The molecule has 0 saturated heterocycles. The van der Waals surface area contributed by atoms with Gasteiger partial charge in [-0.15, -0.1) is 0 Å². The van der Waals surface area contributed by atoms with E-state index in [9.17, 15) is 0 Å². The van der Waals surface area contributed by atoms with Crippen molar-refractivity contribution >= 4 is 0 Å². The molecule has 2 rings (SSSR count). The lowest BCUT2D eigenvalue weighted by molar-refractivity contribution is 0.298. The van der Waals surface area contributed by atoms with Crippen LogP contribution in [0, 0.1) is 0 Å². The first-order valence-electron chi connectivity index (χ1n) is 6.78. The average molecular weight is 259 g/mol. The zero-order valence-electron chi connectivity index (χ0n) is 11.4. The van der Waals surface area contributed by atoms with Crippen molar-refractivity contribution in [1.82, 2.24) is 15.1 Å². The molecule has 4 heteroatoms. The van der Waals surface area contributed by atoms with E-state index in [-0.39, 0.29) is 0 Å². The molecule has 0 amide bonds. The van der Waals surface area contributed by atoms with Crippen molar-refractivity contribution in [3.63, 3.8) is 0 Å². The van der Waals surface area contributed by atoms with Crippen molar-refractivity contribution in [3.8, 4) is 5.75 Å². The maximum absolute atomic E-state index is 5.65. The van der Waals surface area contributed by atoms with Gasteiger partial charge >= 0.3 is 0 Å². The van der Waals surface area contributed by atoms with Gasteiger partial charge in [-0.25, -0.2) is 0 Å². The Morgan fingerprint density at radius 2 is 2.11 bits per heavy atom. The van der Waals surface area contributed by atoms with Gasteiger partial charge in [0.25, 0.3) is 0 Å². The number of para-hydroxylation sites is 1. The van der Waals surface area contributed by atoms with Crippen molar-refractivity contribution in [3.05, 3.63) is 48.3 Å². The van der Waals surface area contributed by atoms with E-state index >= 15 is 0 Å². The molecule has 1 aromatic carbocycles. The van der Waals surface area contributed by atoms with Crippen molar-refractivity contribution in [1.29, 1.82) is 0 Å². The normalized spacial score (nSPS) is 10.6. The van der Waals surface area contributed by atoms with Crippen molar-refractivity contribution in [2.75, 3.05) is 13.2 Å². The summed E-state index contributed by atoms with van der Waals surface area (Å²) in [5, 5.41) is 7.62. The SMILES string of the molecule is CCNCc1cnn(CCCOc2ccccc2)c1. The van der Waals surface area contributed by atoms with E-state index in [0.717, 1.165) is 31.8 Å². The van der Waals surface area contributed by atoms with Crippen LogP contribution in [0.1, 0.15) is 18.9 Å². The Hall–Kier alpha value is -1.81. The molecule has 0 saturated carbocycles. The quantitative estimate of drug-likeness (QED) is 0.740. The Morgan fingerprint density at radius 1 is 1.26 bits per heavy atom. The number of ether oxygens (including phenoxy) is 1. The third-order valence-electron chi connectivity index (χ3n) is 2.81. The van der Waals surface area contributed by atoms with E-state index in [1.165, 1.54) is 5.56 Å². The monoisotopic (exact) mass is 259 g/mol. The van der Waals surface area contributed by atoms with Crippen LogP contribution >= 0.6 is 0 Å². The highest BCUT2D eigenvalue weighted by atomic mass is 16.5. The van der Waals surface area contributed by atoms with Gasteiger partial charge in [-0.3, -0.25) is 4.68 Å². The summed E-state index contributed by atoms with van der Waals surface area (Å²) in [7, 11) is 0. The van der Waals surface area contributed by atoms with Gasteiger partial charge in [0.1, 0.15) is 5.75 Å². The number of rotatable bonds is 8. The van der Waals surface area contributed by atoms with Gasteiger partial charge in [0.2, 0.25) is 0 Å². The summed E-state index contributed by atoms with van der Waals surface area (Å²) in [6.45, 7) is 5.57. The number of hydrogen-bond acceptors (Lipinski definition) is 3. The van der Waals surface area contributed by atoms with E-state index in [4.69, 9.17) is 4.74 Å². The van der Waals surface area contributed by atoms with E-state index < -0.39 is 0 Å². The highest BCUT2D eigenvalue weighted by molar-refractivity contribution is 5.20. The average Bonchev–Trinajstić information content (AvgIpc) is 2.90. The summed E-state index contributed by atoms with van der Waals surface area (Å²) in [6, 6.07) is 9.90. The maximum Gasteiger partial charge on any atom is 0.119 e. The van der Waals surface area contributed by atoms with Gasteiger partial charge < -0.3 is 10.1 Å². The Morgan fingerprint density at radius 3 is 2.89 bits per heavy atom. The molecule has 0 bridgehead atoms.